The van der Waals surface area contributed by atoms with Crippen LogP contribution in [0.15, 0.2) is 30.3 Å². The Morgan fingerprint density at radius 2 is 1.75 bits per heavy atom. The Labute approximate surface area is 130 Å². The fraction of sp³-hybridized carbons (Fsp3) is 0.143. The van der Waals surface area contributed by atoms with E-state index in [0.717, 1.165) is 12.1 Å². The highest BCUT2D eigenvalue weighted by molar-refractivity contribution is 6.36. The lowest BCUT2D eigenvalue weighted by atomic mass is 10.2. The molecule has 0 N–H and O–H groups in total. The molecule has 0 fully saturated rings. The van der Waals surface area contributed by atoms with Crippen molar-refractivity contribution in [3.63, 3.8) is 0 Å². The van der Waals surface area contributed by atoms with Crippen LogP contribution in [0.2, 0.25) is 10.0 Å². The lowest BCUT2D eigenvalue weighted by molar-refractivity contribution is 0.297. The van der Waals surface area contributed by atoms with E-state index in [9.17, 15) is 8.78 Å². The number of halogens is 5. The van der Waals surface area contributed by atoms with Crippen molar-refractivity contribution < 1.29 is 13.5 Å². The lowest BCUT2D eigenvalue weighted by Gasteiger charge is -2.13. The molecule has 2 aromatic rings. The monoisotopic (exact) mass is 336 g/mol. The summed E-state index contributed by atoms with van der Waals surface area (Å²) in [5.41, 5.74) is 0.824. The van der Waals surface area contributed by atoms with Gasteiger partial charge in [0.15, 0.2) is 0 Å². The predicted molar refractivity (Wildman–Crippen MR) is 76.7 cm³/mol. The SMILES string of the molecule is Fc1ccc(COc2c(Cl)cc(Cl)cc2CCl)c(F)c1. The predicted octanol–water partition coefficient (Wildman–Crippen LogP) is 5.59. The molecule has 2 aromatic carbocycles. The maximum Gasteiger partial charge on any atom is 0.142 e. The first-order valence-electron chi connectivity index (χ1n) is 5.62. The van der Waals surface area contributed by atoms with E-state index < -0.39 is 11.6 Å². The molecule has 0 bridgehead atoms. The second-order valence-corrected chi connectivity index (χ2v) is 5.14. The second kappa shape index (κ2) is 6.61. The van der Waals surface area contributed by atoms with E-state index in [1.165, 1.54) is 12.1 Å². The summed E-state index contributed by atoms with van der Waals surface area (Å²) < 4.78 is 31.8. The first-order chi connectivity index (χ1) is 9.51. The maximum absolute atomic E-state index is 13.5. The fourth-order valence-electron chi connectivity index (χ4n) is 1.66. The molecule has 0 atom stereocenters. The van der Waals surface area contributed by atoms with E-state index in [0.29, 0.717) is 16.3 Å². The van der Waals surface area contributed by atoms with Crippen LogP contribution in [0.3, 0.4) is 0 Å². The summed E-state index contributed by atoms with van der Waals surface area (Å²) in [5, 5.41) is 0.724. The molecule has 20 heavy (non-hydrogen) atoms. The molecular weight excluding hydrogens is 329 g/mol. The maximum atomic E-state index is 13.5. The molecule has 0 saturated heterocycles. The first kappa shape index (κ1) is 15.4. The number of alkyl halides is 1. The van der Waals surface area contributed by atoms with Crippen molar-refractivity contribution in [1.29, 1.82) is 0 Å². The van der Waals surface area contributed by atoms with Crippen molar-refractivity contribution in [3.05, 3.63) is 63.1 Å². The van der Waals surface area contributed by atoms with Crippen LogP contribution >= 0.6 is 34.8 Å². The lowest BCUT2D eigenvalue weighted by Crippen LogP contribution is -2.01. The molecule has 0 aliphatic heterocycles. The van der Waals surface area contributed by atoms with E-state index in [1.807, 2.05) is 0 Å². The van der Waals surface area contributed by atoms with E-state index >= 15 is 0 Å². The molecule has 0 unspecified atom stereocenters. The molecule has 2 rings (SSSR count). The molecule has 1 nitrogen and oxygen atoms in total. The zero-order valence-electron chi connectivity index (χ0n) is 10.1. The van der Waals surface area contributed by atoms with Crippen molar-refractivity contribution in [3.8, 4) is 5.75 Å². The molecular formula is C14H9Cl3F2O. The highest BCUT2D eigenvalue weighted by Gasteiger charge is 2.12. The van der Waals surface area contributed by atoms with Crippen molar-refractivity contribution in [2.75, 3.05) is 0 Å². The molecule has 0 amide bonds. The Morgan fingerprint density at radius 3 is 2.40 bits per heavy atom. The zero-order chi connectivity index (χ0) is 14.7. The minimum Gasteiger partial charge on any atom is -0.487 e. The topological polar surface area (TPSA) is 9.23 Å². The second-order valence-electron chi connectivity index (χ2n) is 4.03. The van der Waals surface area contributed by atoms with Crippen molar-refractivity contribution in [1.82, 2.24) is 0 Å². The van der Waals surface area contributed by atoms with Gasteiger partial charge in [-0.25, -0.2) is 8.78 Å². The molecule has 6 heteroatoms. The van der Waals surface area contributed by atoms with Crippen LogP contribution in [0.1, 0.15) is 11.1 Å². The third kappa shape index (κ3) is 3.54. The van der Waals surface area contributed by atoms with Crippen LogP contribution in [0, 0.1) is 11.6 Å². The van der Waals surface area contributed by atoms with Gasteiger partial charge in [0.1, 0.15) is 24.0 Å². The molecule has 0 radical (unpaired) electrons. The molecule has 0 spiro atoms. The van der Waals surface area contributed by atoms with Gasteiger partial charge in [-0.3, -0.25) is 0 Å². The van der Waals surface area contributed by atoms with Gasteiger partial charge in [-0.1, -0.05) is 23.2 Å². The van der Waals surface area contributed by atoms with Crippen molar-refractivity contribution >= 4 is 34.8 Å². The van der Waals surface area contributed by atoms with Crippen molar-refractivity contribution in [2.24, 2.45) is 0 Å². The van der Waals surface area contributed by atoms with Crippen LogP contribution in [0.5, 0.6) is 5.75 Å². The molecule has 0 heterocycles. The Morgan fingerprint density at radius 1 is 1.00 bits per heavy atom. The molecule has 106 valence electrons. The summed E-state index contributed by atoms with van der Waals surface area (Å²) in [7, 11) is 0. The first-order valence-corrected chi connectivity index (χ1v) is 6.91. The van der Waals surface area contributed by atoms with Crippen LogP contribution < -0.4 is 4.74 Å². The average Bonchev–Trinajstić information content (AvgIpc) is 2.38. The average molecular weight is 338 g/mol. The standard InChI is InChI=1S/C14H9Cl3F2O/c15-6-9-3-10(16)4-12(17)14(9)20-7-8-1-2-11(18)5-13(8)19/h1-5H,6-7H2. The Balaban J connectivity index is 2.22. The largest absolute Gasteiger partial charge is 0.487 e. The van der Waals surface area contributed by atoms with E-state index in [1.54, 1.807) is 6.07 Å². The van der Waals surface area contributed by atoms with Crippen LogP contribution in [0.25, 0.3) is 0 Å². The smallest absolute Gasteiger partial charge is 0.142 e. The third-order valence-corrected chi connectivity index (χ3v) is 3.40. The number of hydrogen-bond acceptors (Lipinski definition) is 1. The highest BCUT2D eigenvalue weighted by Crippen LogP contribution is 2.34. The van der Waals surface area contributed by atoms with Crippen molar-refractivity contribution in [2.45, 2.75) is 12.5 Å². The number of hydrogen-bond donors (Lipinski definition) is 0. The summed E-state index contributed by atoms with van der Waals surface area (Å²) in [6, 6.07) is 6.40. The van der Waals surface area contributed by atoms with Crippen LogP contribution in [0.4, 0.5) is 8.78 Å². The van der Waals surface area contributed by atoms with Crippen LogP contribution in [-0.2, 0) is 12.5 Å². The molecule has 0 aliphatic carbocycles. The summed E-state index contributed by atoms with van der Waals surface area (Å²) in [6.07, 6.45) is 0. The number of ether oxygens (including phenoxy) is 1. The Bertz CT molecular complexity index is 632. The molecule has 0 aliphatic rings. The van der Waals surface area contributed by atoms with Gasteiger partial charge in [0.2, 0.25) is 0 Å². The Hall–Kier alpha value is -1.03. The summed E-state index contributed by atoms with van der Waals surface area (Å²) in [4.78, 5) is 0. The van der Waals surface area contributed by atoms with E-state index in [4.69, 9.17) is 39.5 Å². The fourth-order valence-corrected chi connectivity index (χ4v) is 2.45. The highest BCUT2D eigenvalue weighted by atomic mass is 35.5. The summed E-state index contributed by atoms with van der Waals surface area (Å²) in [6.45, 7) is -0.0860. The minimum atomic E-state index is -0.678. The van der Waals surface area contributed by atoms with Gasteiger partial charge < -0.3 is 4.74 Å². The normalized spacial score (nSPS) is 10.7. The summed E-state index contributed by atoms with van der Waals surface area (Å²) >= 11 is 17.7. The number of rotatable bonds is 4. The van der Waals surface area contributed by atoms with Gasteiger partial charge in [-0.15, -0.1) is 11.6 Å². The minimum absolute atomic E-state index is 0.0860. The molecule has 0 saturated carbocycles. The van der Waals surface area contributed by atoms with E-state index in [-0.39, 0.29) is 23.1 Å². The van der Waals surface area contributed by atoms with Crippen LogP contribution in [-0.4, -0.2) is 0 Å². The quantitative estimate of drug-likeness (QED) is 0.661. The Kier molecular flexibility index (Phi) is 5.08. The number of benzene rings is 2. The van der Waals surface area contributed by atoms with Gasteiger partial charge in [0, 0.05) is 22.2 Å². The molecule has 0 aromatic heterocycles. The van der Waals surface area contributed by atoms with Gasteiger partial charge >= 0.3 is 0 Å². The van der Waals surface area contributed by atoms with Gasteiger partial charge in [0.25, 0.3) is 0 Å². The summed E-state index contributed by atoms with van der Waals surface area (Å²) in [5.74, 6) is -0.823. The van der Waals surface area contributed by atoms with E-state index in [2.05, 4.69) is 0 Å². The van der Waals surface area contributed by atoms with Gasteiger partial charge in [0.05, 0.1) is 10.9 Å². The third-order valence-electron chi connectivity index (χ3n) is 2.62. The van der Waals surface area contributed by atoms with Gasteiger partial charge in [-0.05, 0) is 24.3 Å². The zero-order valence-corrected chi connectivity index (χ0v) is 12.4. The van der Waals surface area contributed by atoms with Gasteiger partial charge in [-0.2, -0.15) is 0 Å².